The van der Waals surface area contributed by atoms with E-state index in [4.69, 9.17) is 0 Å². The summed E-state index contributed by atoms with van der Waals surface area (Å²) in [7, 11) is 4.03. The van der Waals surface area contributed by atoms with Gasteiger partial charge in [0.15, 0.2) is 0 Å². The molecule has 0 radical (unpaired) electrons. The van der Waals surface area contributed by atoms with Crippen LogP contribution in [0.2, 0.25) is 0 Å². The van der Waals surface area contributed by atoms with Crippen LogP contribution in [0.5, 0.6) is 5.75 Å². The molecule has 0 bridgehead atoms. The number of nitrogens with one attached hydrogen (secondary N) is 1. The minimum Gasteiger partial charge on any atom is -0.508 e. The summed E-state index contributed by atoms with van der Waals surface area (Å²) in [4.78, 5) is 2.21. The van der Waals surface area contributed by atoms with E-state index in [0.29, 0.717) is 5.75 Å². The van der Waals surface area contributed by atoms with Crippen LogP contribution in [0.3, 0.4) is 0 Å². The van der Waals surface area contributed by atoms with Crippen LogP contribution in [0.1, 0.15) is 12.0 Å². The third kappa shape index (κ3) is 4.32. The lowest BCUT2D eigenvalue weighted by Crippen LogP contribution is -2.22. The molecule has 0 aromatic heterocycles. The smallest absolute Gasteiger partial charge is 0.120 e. The van der Waals surface area contributed by atoms with Crippen molar-refractivity contribution in [2.75, 3.05) is 27.2 Å². The van der Waals surface area contributed by atoms with Crippen LogP contribution in [-0.2, 0) is 6.54 Å². The number of phenols is 1. The van der Waals surface area contributed by atoms with E-state index in [1.165, 1.54) is 0 Å². The predicted octanol–water partition coefficient (Wildman–Crippen LogP) is 1.43. The van der Waals surface area contributed by atoms with Crippen LogP contribution in [0.25, 0.3) is 0 Å². The maximum atomic E-state index is 9.59. The largest absolute Gasteiger partial charge is 0.508 e. The summed E-state index contributed by atoms with van der Waals surface area (Å²) >= 11 is 0. The Morgan fingerprint density at radius 1 is 1.33 bits per heavy atom. The first-order chi connectivity index (χ1) is 7.24. The minimum atomic E-state index is 0.387. The van der Waals surface area contributed by atoms with E-state index < -0.39 is 0 Å². The lowest BCUT2D eigenvalue weighted by molar-refractivity contribution is 0.315. The van der Waals surface area contributed by atoms with Crippen LogP contribution < -0.4 is 5.32 Å². The Bertz CT molecular complexity index is 289. The summed E-state index contributed by atoms with van der Waals surface area (Å²) in [5.41, 5.74) is 0.990. The third-order valence-corrected chi connectivity index (χ3v) is 2.40. The zero-order valence-corrected chi connectivity index (χ0v) is 9.53. The molecule has 1 aromatic rings. The van der Waals surface area contributed by atoms with Gasteiger partial charge in [-0.2, -0.15) is 0 Å². The van der Waals surface area contributed by atoms with Crippen molar-refractivity contribution in [3.63, 3.8) is 0 Å². The Balaban J connectivity index is 2.37. The summed E-state index contributed by atoms with van der Waals surface area (Å²) < 4.78 is 0. The number of benzene rings is 1. The molecule has 3 nitrogen and oxygen atoms in total. The molecule has 0 aliphatic rings. The highest BCUT2D eigenvalue weighted by Gasteiger charge is 2.03. The van der Waals surface area contributed by atoms with E-state index in [-0.39, 0.29) is 0 Å². The van der Waals surface area contributed by atoms with Gasteiger partial charge in [0.05, 0.1) is 0 Å². The van der Waals surface area contributed by atoms with Crippen molar-refractivity contribution in [2.24, 2.45) is 0 Å². The number of nitrogens with zero attached hydrogens (tertiary/aromatic N) is 1. The van der Waals surface area contributed by atoms with Gasteiger partial charge in [-0.25, -0.2) is 0 Å². The highest BCUT2D eigenvalue weighted by molar-refractivity contribution is 5.31. The monoisotopic (exact) mass is 208 g/mol. The molecule has 1 rings (SSSR count). The van der Waals surface area contributed by atoms with E-state index in [9.17, 15) is 5.11 Å². The Kier molecular flexibility index (Phi) is 5.15. The van der Waals surface area contributed by atoms with E-state index in [2.05, 4.69) is 17.3 Å². The molecule has 0 amide bonds. The van der Waals surface area contributed by atoms with Crippen LogP contribution in [0.15, 0.2) is 24.3 Å². The number of rotatable bonds is 6. The average Bonchev–Trinajstić information content (AvgIpc) is 2.22. The molecule has 15 heavy (non-hydrogen) atoms. The third-order valence-electron chi connectivity index (χ3n) is 2.40. The molecule has 3 heteroatoms. The Labute approximate surface area is 91.7 Å². The lowest BCUT2D eigenvalue weighted by Gasteiger charge is -2.17. The first-order valence-electron chi connectivity index (χ1n) is 5.34. The van der Waals surface area contributed by atoms with Gasteiger partial charge >= 0.3 is 0 Å². The zero-order valence-electron chi connectivity index (χ0n) is 9.53. The van der Waals surface area contributed by atoms with Gasteiger partial charge in [-0.05, 0) is 39.7 Å². The molecule has 0 heterocycles. The fourth-order valence-electron chi connectivity index (χ4n) is 1.54. The molecule has 1 aromatic carbocycles. The number of hydrogen-bond donors (Lipinski definition) is 2. The molecule has 84 valence electrons. The van der Waals surface area contributed by atoms with Crippen LogP contribution in [0.4, 0.5) is 0 Å². The molecular weight excluding hydrogens is 188 g/mol. The SMILES string of the molecule is CNCCCN(C)Cc1ccccc1O. The van der Waals surface area contributed by atoms with Gasteiger partial charge in [0.1, 0.15) is 5.75 Å². The average molecular weight is 208 g/mol. The standard InChI is InChI=1S/C12H20N2O/c1-13-8-5-9-14(2)10-11-6-3-4-7-12(11)15/h3-4,6-7,13,15H,5,8-10H2,1-2H3. The van der Waals surface area contributed by atoms with Gasteiger partial charge in [0, 0.05) is 12.1 Å². The Morgan fingerprint density at radius 2 is 2.07 bits per heavy atom. The fourth-order valence-corrected chi connectivity index (χ4v) is 1.54. The maximum Gasteiger partial charge on any atom is 0.120 e. The maximum absolute atomic E-state index is 9.59. The summed E-state index contributed by atoms with van der Waals surface area (Å²) in [5, 5.41) is 12.7. The first kappa shape index (κ1) is 12.0. The van der Waals surface area contributed by atoms with Crippen molar-refractivity contribution < 1.29 is 5.11 Å². The van der Waals surface area contributed by atoms with Gasteiger partial charge in [-0.15, -0.1) is 0 Å². The zero-order chi connectivity index (χ0) is 11.1. The van der Waals surface area contributed by atoms with E-state index in [1.54, 1.807) is 6.07 Å². The number of aromatic hydroxyl groups is 1. The molecule has 0 atom stereocenters. The van der Waals surface area contributed by atoms with Crippen molar-refractivity contribution in [1.29, 1.82) is 0 Å². The number of hydrogen-bond acceptors (Lipinski definition) is 3. The summed E-state index contributed by atoms with van der Waals surface area (Å²) in [6, 6.07) is 7.50. The molecule has 0 spiro atoms. The topological polar surface area (TPSA) is 35.5 Å². The van der Waals surface area contributed by atoms with Crippen molar-refractivity contribution in [2.45, 2.75) is 13.0 Å². The quantitative estimate of drug-likeness (QED) is 0.694. The van der Waals surface area contributed by atoms with Crippen LogP contribution in [0, 0.1) is 0 Å². The van der Waals surface area contributed by atoms with Gasteiger partial charge in [-0.1, -0.05) is 18.2 Å². The normalized spacial score (nSPS) is 10.9. The minimum absolute atomic E-state index is 0.387. The molecular formula is C12H20N2O. The van der Waals surface area contributed by atoms with Gasteiger partial charge in [-0.3, -0.25) is 0 Å². The highest BCUT2D eigenvalue weighted by atomic mass is 16.3. The fraction of sp³-hybridized carbons (Fsp3) is 0.500. The summed E-state index contributed by atoms with van der Waals surface area (Å²) in [5.74, 6) is 0.387. The van der Waals surface area contributed by atoms with Gasteiger partial charge in [0.25, 0.3) is 0 Å². The molecule has 0 aliphatic heterocycles. The molecule has 0 saturated carbocycles. The predicted molar refractivity (Wildman–Crippen MR) is 63.0 cm³/mol. The second-order valence-electron chi connectivity index (χ2n) is 3.82. The molecule has 0 unspecified atom stereocenters. The van der Waals surface area contributed by atoms with Gasteiger partial charge in [0.2, 0.25) is 0 Å². The molecule has 2 N–H and O–H groups in total. The molecule has 0 saturated heterocycles. The van der Waals surface area contributed by atoms with Crippen molar-refractivity contribution in [3.05, 3.63) is 29.8 Å². The van der Waals surface area contributed by atoms with Crippen molar-refractivity contribution >= 4 is 0 Å². The van der Waals surface area contributed by atoms with Crippen molar-refractivity contribution in [1.82, 2.24) is 10.2 Å². The second-order valence-corrected chi connectivity index (χ2v) is 3.82. The van der Waals surface area contributed by atoms with Crippen molar-refractivity contribution in [3.8, 4) is 5.75 Å². The highest BCUT2D eigenvalue weighted by Crippen LogP contribution is 2.16. The lowest BCUT2D eigenvalue weighted by atomic mass is 10.2. The summed E-state index contributed by atoms with van der Waals surface area (Å²) in [6.45, 7) is 2.87. The second kappa shape index (κ2) is 6.43. The van der Waals surface area contributed by atoms with E-state index in [1.807, 2.05) is 25.2 Å². The number of para-hydroxylation sites is 1. The van der Waals surface area contributed by atoms with E-state index >= 15 is 0 Å². The molecule has 0 aliphatic carbocycles. The number of phenolic OH excluding ortho intramolecular Hbond substituents is 1. The molecule has 0 fully saturated rings. The first-order valence-corrected chi connectivity index (χ1v) is 5.34. The Hall–Kier alpha value is -1.06. The van der Waals surface area contributed by atoms with E-state index in [0.717, 1.165) is 31.6 Å². The van der Waals surface area contributed by atoms with Crippen LogP contribution in [-0.4, -0.2) is 37.2 Å². The van der Waals surface area contributed by atoms with Gasteiger partial charge < -0.3 is 15.3 Å². The van der Waals surface area contributed by atoms with Crippen LogP contribution >= 0.6 is 0 Å². The summed E-state index contributed by atoms with van der Waals surface area (Å²) in [6.07, 6.45) is 1.13. The Morgan fingerprint density at radius 3 is 2.73 bits per heavy atom.